The van der Waals surface area contributed by atoms with E-state index in [9.17, 15) is 8.78 Å². The fourth-order valence-electron chi connectivity index (χ4n) is 1.01. The molecule has 0 bridgehead atoms. The Morgan fingerprint density at radius 1 is 1.64 bits per heavy atom. The van der Waals surface area contributed by atoms with Gasteiger partial charge in [-0.1, -0.05) is 15.9 Å². The van der Waals surface area contributed by atoms with Crippen molar-refractivity contribution < 1.29 is 13.5 Å². The molecule has 0 aliphatic heterocycles. The maximum atomic E-state index is 12.5. The first-order chi connectivity index (χ1) is 6.60. The number of ether oxygens (including phenoxy) is 1. The summed E-state index contributed by atoms with van der Waals surface area (Å²) in [7, 11) is 1.29. The van der Waals surface area contributed by atoms with E-state index in [1.165, 1.54) is 13.2 Å². The summed E-state index contributed by atoms with van der Waals surface area (Å²) >= 11 is 3.02. The number of hydrogen-bond acceptors (Lipinski definition) is 3. The molecule has 0 saturated heterocycles. The van der Waals surface area contributed by atoms with Crippen LogP contribution in [0.5, 0.6) is 5.88 Å². The normalized spacial score (nSPS) is 10.7. The Labute approximate surface area is 88.4 Å². The Morgan fingerprint density at radius 2 is 2.29 bits per heavy atom. The molecule has 6 heteroatoms. The third kappa shape index (κ3) is 2.19. The van der Waals surface area contributed by atoms with E-state index >= 15 is 0 Å². The summed E-state index contributed by atoms with van der Waals surface area (Å²) in [5, 5.41) is 0. The zero-order chi connectivity index (χ0) is 10.7. The van der Waals surface area contributed by atoms with Gasteiger partial charge in [-0.3, -0.25) is 0 Å². The summed E-state index contributed by atoms with van der Waals surface area (Å²) < 4.78 is 30.1. The molecule has 1 rings (SSSR count). The lowest BCUT2D eigenvalue weighted by atomic mass is 10.2. The Morgan fingerprint density at radius 3 is 2.71 bits per heavy atom. The van der Waals surface area contributed by atoms with E-state index in [1.807, 2.05) is 0 Å². The lowest BCUT2D eigenvalue weighted by Gasteiger charge is -2.10. The van der Waals surface area contributed by atoms with Crippen LogP contribution in [-0.2, 0) is 6.54 Å². The topological polar surface area (TPSA) is 48.1 Å². The minimum atomic E-state index is -2.63. The van der Waals surface area contributed by atoms with E-state index in [-0.39, 0.29) is 22.5 Å². The van der Waals surface area contributed by atoms with Crippen LogP contribution < -0.4 is 10.5 Å². The van der Waals surface area contributed by atoms with Crippen molar-refractivity contribution >= 4 is 15.9 Å². The van der Waals surface area contributed by atoms with Gasteiger partial charge < -0.3 is 10.5 Å². The van der Waals surface area contributed by atoms with Crippen LogP contribution in [0.25, 0.3) is 0 Å². The van der Waals surface area contributed by atoms with Crippen molar-refractivity contribution in [2.45, 2.75) is 13.0 Å². The number of rotatable bonds is 3. The average molecular weight is 267 g/mol. The van der Waals surface area contributed by atoms with Crippen LogP contribution in [0.3, 0.4) is 0 Å². The smallest absolute Gasteiger partial charge is 0.270 e. The molecule has 3 nitrogen and oxygen atoms in total. The monoisotopic (exact) mass is 266 g/mol. The minimum Gasteiger partial charge on any atom is -0.481 e. The maximum absolute atomic E-state index is 12.5. The fourth-order valence-corrected chi connectivity index (χ4v) is 1.61. The Bertz CT molecular complexity index is 333. The van der Waals surface area contributed by atoms with Crippen LogP contribution in [0.1, 0.15) is 17.7 Å². The van der Waals surface area contributed by atoms with Crippen LogP contribution in [0, 0.1) is 0 Å². The van der Waals surface area contributed by atoms with Crippen LogP contribution >= 0.6 is 15.9 Å². The van der Waals surface area contributed by atoms with Gasteiger partial charge in [0.2, 0.25) is 5.88 Å². The Balaban J connectivity index is 3.27. The number of pyridine rings is 1. The predicted molar refractivity (Wildman–Crippen MR) is 51.3 cm³/mol. The van der Waals surface area contributed by atoms with Crippen molar-refractivity contribution in [3.63, 3.8) is 0 Å². The number of hydrogen-bond donors (Lipinski definition) is 1. The van der Waals surface area contributed by atoms with Gasteiger partial charge in [-0.25, -0.2) is 13.8 Å². The lowest BCUT2D eigenvalue weighted by molar-refractivity contribution is 0.145. The fraction of sp³-hybridized carbons (Fsp3) is 0.375. The second-order valence-electron chi connectivity index (χ2n) is 2.52. The summed E-state index contributed by atoms with van der Waals surface area (Å²) in [6.07, 6.45) is -2.63. The molecule has 0 unspecified atom stereocenters. The molecule has 0 spiro atoms. The van der Waals surface area contributed by atoms with Gasteiger partial charge in [-0.05, 0) is 6.07 Å². The summed E-state index contributed by atoms with van der Waals surface area (Å²) in [6.45, 7) is 0.179. The van der Waals surface area contributed by atoms with Crippen molar-refractivity contribution in [1.29, 1.82) is 0 Å². The maximum Gasteiger partial charge on any atom is 0.270 e. The van der Waals surface area contributed by atoms with E-state index in [2.05, 4.69) is 20.9 Å². The average Bonchev–Trinajstić information content (AvgIpc) is 2.15. The molecule has 0 atom stereocenters. The van der Waals surface area contributed by atoms with Crippen molar-refractivity contribution in [1.82, 2.24) is 4.98 Å². The first-order valence-electron chi connectivity index (χ1n) is 3.81. The van der Waals surface area contributed by atoms with E-state index in [0.717, 1.165) is 0 Å². The van der Waals surface area contributed by atoms with Crippen molar-refractivity contribution in [3.8, 4) is 5.88 Å². The highest BCUT2D eigenvalue weighted by Crippen LogP contribution is 2.34. The number of halogens is 3. The molecule has 0 fully saturated rings. The number of alkyl halides is 2. The molecule has 1 heterocycles. The molecule has 0 aliphatic rings. The van der Waals surface area contributed by atoms with Crippen molar-refractivity contribution in [2.75, 3.05) is 7.11 Å². The number of nitrogens with two attached hydrogens (primary N) is 1. The molecule has 14 heavy (non-hydrogen) atoms. The van der Waals surface area contributed by atoms with Gasteiger partial charge in [0.05, 0.1) is 18.4 Å². The summed E-state index contributed by atoms with van der Waals surface area (Å²) in [5.41, 5.74) is 5.59. The number of methoxy groups -OCH3 is 1. The zero-order valence-corrected chi connectivity index (χ0v) is 9.01. The molecular formula is C8H9BrF2N2O. The molecule has 0 amide bonds. The standard InChI is InChI=1S/C8H9BrF2N2O/c1-14-8-6(7(10)11)5(9)2-4(3-12)13-8/h2,7H,3,12H2,1H3. The van der Waals surface area contributed by atoms with E-state index in [1.54, 1.807) is 0 Å². The van der Waals surface area contributed by atoms with Crippen LogP contribution in [-0.4, -0.2) is 12.1 Å². The van der Waals surface area contributed by atoms with Gasteiger partial charge in [-0.2, -0.15) is 0 Å². The highest BCUT2D eigenvalue weighted by Gasteiger charge is 2.19. The largest absolute Gasteiger partial charge is 0.481 e. The zero-order valence-electron chi connectivity index (χ0n) is 7.43. The van der Waals surface area contributed by atoms with Gasteiger partial charge in [-0.15, -0.1) is 0 Å². The molecule has 1 aromatic rings. The summed E-state index contributed by atoms with van der Waals surface area (Å²) in [5.74, 6) is -0.0881. The number of aromatic nitrogens is 1. The van der Waals surface area contributed by atoms with E-state index in [4.69, 9.17) is 10.5 Å². The third-order valence-electron chi connectivity index (χ3n) is 1.65. The molecule has 78 valence electrons. The van der Waals surface area contributed by atoms with Crippen molar-refractivity contribution in [3.05, 3.63) is 21.8 Å². The summed E-state index contributed by atoms with van der Waals surface area (Å²) in [4.78, 5) is 3.83. The molecule has 2 N–H and O–H groups in total. The number of nitrogens with zero attached hydrogens (tertiary/aromatic N) is 1. The summed E-state index contributed by atoms with van der Waals surface area (Å²) in [6, 6.07) is 1.46. The molecule has 0 radical (unpaired) electrons. The van der Waals surface area contributed by atoms with Crippen LogP contribution in [0.15, 0.2) is 10.5 Å². The molecule has 1 aromatic heterocycles. The van der Waals surface area contributed by atoms with Gasteiger partial charge in [0.15, 0.2) is 0 Å². The predicted octanol–water partition coefficient (Wildman–Crippen LogP) is 2.25. The lowest BCUT2D eigenvalue weighted by Crippen LogP contribution is -2.04. The van der Waals surface area contributed by atoms with E-state index < -0.39 is 6.43 Å². The molecule has 0 aromatic carbocycles. The van der Waals surface area contributed by atoms with Crippen LogP contribution in [0.4, 0.5) is 8.78 Å². The van der Waals surface area contributed by atoms with Crippen molar-refractivity contribution in [2.24, 2.45) is 5.73 Å². The Hall–Kier alpha value is -0.750. The molecule has 0 aliphatic carbocycles. The Kier molecular flexibility index (Phi) is 3.77. The van der Waals surface area contributed by atoms with Crippen LogP contribution in [0.2, 0.25) is 0 Å². The van der Waals surface area contributed by atoms with Gasteiger partial charge >= 0.3 is 0 Å². The van der Waals surface area contributed by atoms with Gasteiger partial charge in [0, 0.05) is 11.0 Å². The first-order valence-corrected chi connectivity index (χ1v) is 4.61. The highest BCUT2D eigenvalue weighted by atomic mass is 79.9. The highest BCUT2D eigenvalue weighted by molar-refractivity contribution is 9.10. The molecular weight excluding hydrogens is 258 g/mol. The second-order valence-corrected chi connectivity index (χ2v) is 3.38. The second kappa shape index (κ2) is 4.65. The first kappa shape index (κ1) is 11.3. The van der Waals surface area contributed by atoms with Gasteiger partial charge in [0.25, 0.3) is 6.43 Å². The SMILES string of the molecule is COc1nc(CN)cc(Br)c1C(F)F. The quantitative estimate of drug-likeness (QED) is 0.913. The van der Waals surface area contributed by atoms with Gasteiger partial charge in [0.1, 0.15) is 0 Å². The minimum absolute atomic E-state index is 0.0881. The third-order valence-corrected chi connectivity index (χ3v) is 2.30. The molecule has 0 saturated carbocycles. The van der Waals surface area contributed by atoms with E-state index in [0.29, 0.717) is 5.69 Å².